The highest BCUT2D eigenvalue weighted by Crippen LogP contribution is 2.19. The van der Waals surface area contributed by atoms with E-state index in [9.17, 15) is 19.2 Å². The molecular weight excluding hydrogens is 382 g/mol. The Kier molecular flexibility index (Phi) is 6.61. The minimum absolute atomic E-state index is 0.0211. The summed E-state index contributed by atoms with van der Waals surface area (Å²) in [6.45, 7) is 3.33. The number of rotatable bonds is 8. The summed E-state index contributed by atoms with van der Waals surface area (Å²) in [5.74, 6) is -2.32. The molecule has 1 aliphatic rings. The van der Waals surface area contributed by atoms with Crippen LogP contribution in [0.5, 0.6) is 0 Å². The van der Waals surface area contributed by atoms with E-state index in [4.69, 9.17) is 0 Å². The third-order valence-electron chi connectivity index (χ3n) is 4.80. The number of urea groups is 1. The van der Waals surface area contributed by atoms with Gasteiger partial charge in [0.05, 0.1) is 6.04 Å². The van der Waals surface area contributed by atoms with Crippen LogP contribution < -0.4 is 5.32 Å². The molecule has 2 aromatic rings. The lowest BCUT2D eigenvalue weighted by molar-refractivity contribution is -0.144. The Balaban J connectivity index is 1.72. The number of benzene rings is 2. The molecule has 0 aromatic heterocycles. The Hall–Kier alpha value is -3.48. The van der Waals surface area contributed by atoms with Crippen LogP contribution in [0.1, 0.15) is 31.0 Å². The third kappa shape index (κ3) is 4.92. The van der Waals surface area contributed by atoms with Gasteiger partial charge in [0.2, 0.25) is 5.91 Å². The molecule has 156 valence electrons. The number of carbonyl (C=O) groups is 4. The predicted octanol–water partition coefficient (Wildman–Crippen LogP) is 2.53. The van der Waals surface area contributed by atoms with Crippen LogP contribution in [0.3, 0.4) is 0 Å². The molecule has 1 saturated heterocycles. The molecule has 7 nitrogen and oxygen atoms in total. The van der Waals surface area contributed by atoms with Crippen LogP contribution in [-0.4, -0.2) is 46.6 Å². The highest BCUT2D eigenvalue weighted by Gasteiger charge is 2.45. The van der Waals surface area contributed by atoms with Gasteiger partial charge in [0.15, 0.2) is 0 Å². The second-order valence-electron chi connectivity index (χ2n) is 7.70. The van der Waals surface area contributed by atoms with Gasteiger partial charge in [0, 0.05) is 6.54 Å². The zero-order valence-corrected chi connectivity index (χ0v) is 17.1. The highest BCUT2D eigenvalue weighted by atomic mass is 16.2. The minimum Gasteiger partial charge on any atom is -0.347 e. The van der Waals surface area contributed by atoms with Gasteiger partial charge < -0.3 is 5.32 Å². The molecular formula is C23H25N3O4. The quantitative estimate of drug-likeness (QED) is 0.538. The van der Waals surface area contributed by atoms with Crippen LogP contribution in [0.25, 0.3) is 0 Å². The Morgan fingerprint density at radius 1 is 0.867 bits per heavy atom. The SMILES string of the molecule is CC(C)CN1C(=O)C(=O)N(CC(=O)N[C@@H](Cc2ccccc2)c2ccccc2)C1=O. The van der Waals surface area contributed by atoms with Gasteiger partial charge in [0.25, 0.3) is 0 Å². The number of nitrogens with zero attached hydrogens (tertiary/aromatic N) is 2. The number of hydrogen-bond acceptors (Lipinski definition) is 4. The molecule has 1 atom stereocenters. The van der Waals surface area contributed by atoms with Crippen LogP contribution in [0, 0.1) is 5.92 Å². The molecule has 0 unspecified atom stereocenters. The van der Waals surface area contributed by atoms with Crippen molar-refractivity contribution in [3.8, 4) is 0 Å². The second-order valence-corrected chi connectivity index (χ2v) is 7.70. The molecule has 0 bridgehead atoms. The van der Waals surface area contributed by atoms with Crippen molar-refractivity contribution in [3.63, 3.8) is 0 Å². The van der Waals surface area contributed by atoms with E-state index < -0.39 is 30.3 Å². The predicted molar refractivity (Wildman–Crippen MR) is 111 cm³/mol. The molecule has 1 fully saturated rings. The summed E-state index contributed by atoms with van der Waals surface area (Å²) >= 11 is 0. The van der Waals surface area contributed by atoms with E-state index in [1.807, 2.05) is 74.5 Å². The first-order chi connectivity index (χ1) is 14.4. The van der Waals surface area contributed by atoms with Crippen molar-refractivity contribution in [1.82, 2.24) is 15.1 Å². The second kappa shape index (κ2) is 9.35. The maximum Gasteiger partial charge on any atom is 0.334 e. The lowest BCUT2D eigenvalue weighted by Crippen LogP contribution is -2.43. The average molecular weight is 407 g/mol. The number of imide groups is 2. The number of amides is 5. The lowest BCUT2D eigenvalue weighted by atomic mass is 9.99. The first kappa shape index (κ1) is 21.2. The standard InChI is InChI=1S/C23H25N3O4/c1-16(2)14-25-21(28)22(29)26(23(25)30)15-20(27)24-19(18-11-7-4-8-12-18)13-17-9-5-3-6-10-17/h3-12,16,19H,13-15H2,1-2H3,(H,24,27)/t19-/m0/s1. The topological polar surface area (TPSA) is 86.8 Å². The normalized spacial score (nSPS) is 15.1. The van der Waals surface area contributed by atoms with Gasteiger partial charge in [0.1, 0.15) is 6.54 Å². The van der Waals surface area contributed by atoms with Gasteiger partial charge in [-0.3, -0.25) is 19.3 Å². The monoisotopic (exact) mass is 407 g/mol. The Bertz CT molecular complexity index is 928. The fraction of sp³-hybridized carbons (Fsp3) is 0.304. The number of hydrogen-bond donors (Lipinski definition) is 1. The van der Waals surface area contributed by atoms with E-state index in [-0.39, 0.29) is 18.5 Å². The summed E-state index contributed by atoms with van der Waals surface area (Å²) in [5, 5.41) is 2.91. The Morgan fingerprint density at radius 2 is 1.43 bits per heavy atom. The highest BCUT2D eigenvalue weighted by molar-refractivity contribution is 6.45. The summed E-state index contributed by atoms with van der Waals surface area (Å²) in [6, 6.07) is 18.1. The van der Waals surface area contributed by atoms with Crippen LogP contribution in [0.15, 0.2) is 60.7 Å². The number of carbonyl (C=O) groups excluding carboxylic acids is 4. The fourth-order valence-corrected chi connectivity index (χ4v) is 3.39. The maximum atomic E-state index is 12.7. The summed E-state index contributed by atoms with van der Waals surface area (Å²) in [4.78, 5) is 51.1. The van der Waals surface area contributed by atoms with E-state index >= 15 is 0 Å². The van der Waals surface area contributed by atoms with E-state index in [1.165, 1.54) is 0 Å². The largest absolute Gasteiger partial charge is 0.347 e. The molecule has 2 aromatic carbocycles. The molecule has 0 aliphatic carbocycles. The van der Waals surface area contributed by atoms with Crippen molar-refractivity contribution < 1.29 is 19.2 Å². The van der Waals surface area contributed by atoms with Crippen molar-refractivity contribution >= 4 is 23.8 Å². The summed E-state index contributed by atoms with van der Waals surface area (Å²) in [7, 11) is 0. The van der Waals surface area contributed by atoms with E-state index in [1.54, 1.807) is 0 Å². The zero-order valence-electron chi connectivity index (χ0n) is 17.1. The van der Waals surface area contributed by atoms with Gasteiger partial charge in [-0.05, 0) is 23.5 Å². The van der Waals surface area contributed by atoms with Crippen molar-refractivity contribution in [2.75, 3.05) is 13.1 Å². The zero-order chi connectivity index (χ0) is 21.7. The van der Waals surface area contributed by atoms with E-state index in [0.717, 1.165) is 16.0 Å². The summed E-state index contributed by atoms with van der Waals surface area (Å²) in [6.07, 6.45) is 0.552. The fourth-order valence-electron chi connectivity index (χ4n) is 3.39. The molecule has 7 heteroatoms. The smallest absolute Gasteiger partial charge is 0.334 e. The minimum atomic E-state index is -0.963. The molecule has 0 spiro atoms. The summed E-state index contributed by atoms with van der Waals surface area (Å²) in [5.41, 5.74) is 1.95. The Morgan fingerprint density at radius 3 is 2.03 bits per heavy atom. The van der Waals surface area contributed by atoms with E-state index in [0.29, 0.717) is 11.3 Å². The Labute approximate surface area is 175 Å². The molecule has 1 N–H and O–H groups in total. The van der Waals surface area contributed by atoms with Gasteiger partial charge in [-0.2, -0.15) is 0 Å². The van der Waals surface area contributed by atoms with E-state index in [2.05, 4.69) is 5.32 Å². The van der Waals surface area contributed by atoms with Gasteiger partial charge in [-0.25, -0.2) is 9.69 Å². The van der Waals surface area contributed by atoms with Crippen molar-refractivity contribution in [2.45, 2.75) is 26.3 Å². The van der Waals surface area contributed by atoms with Crippen molar-refractivity contribution in [1.29, 1.82) is 0 Å². The van der Waals surface area contributed by atoms with Crippen LogP contribution in [-0.2, 0) is 20.8 Å². The van der Waals surface area contributed by atoms with Crippen LogP contribution in [0.4, 0.5) is 4.79 Å². The molecule has 0 saturated carbocycles. The molecule has 30 heavy (non-hydrogen) atoms. The van der Waals surface area contributed by atoms with Crippen molar-refractivity contribution in [3.05, 3.63) is 71.8 Å². The maximum absolute atomic E-state index is 12.7. The third-order valence-corrected chi connectivity index (χ3v) is 4.80. The van der Waals surface area contributed by atoms with Gasteiger partial charge in [-0.1, -0.05) is 74.5 Å². The first-order valence-electron chi connectivity index (χ1n) is 9.92. The number of nitrogens with one attached hydrogen (secondary N) is 1. The van der Waals surface area contributed by atoms with Crippen LogP contribution >= 0.6 is 0 Å². The summed E-state index contributed by atoms with van der Waals surface area (Å²) < 4.78 is 0. The average Bonchev–Trinajstić information content (AvgIpc) is 2.92. The molecule has 1 heterocycles. The first-order valence-corrected chi connectivity index (χ1v) is 9.92. The van der Waals surface area contributed by atoms with Gasteiger partial charge >= 0.3 is 17.8 Å². The molecule has 1 aliphatic heterocycles. The van der Waals surface area contributed by atoms with Gasteiger partial charge in [-0.15, -0.1) is 0 Å². The molecule has 0 radical (unpaired) electrons. The lowest BCUT2D eigenvalue weighted by Gasteiger charge is -2.21. The van der Waals surface area contributed by atoms with Crippen molar-refractivity contribution in [2.24, 2.45) is 5.92 Å². The van der Waals surface area contributed by atoms with Crippen LogP contribution in [0.2, 0.25) is 0 Å². The molecule has 5 amide bonds. The molecule has 3 rings (SSSR count).